The van der Waals surface area contributed by atoms with Gasteiger partial charge < -0.3 is 30.0 Å². The van der Waals surface area contributed by atoms with Crippen LogP contribution in [-0.2, 0) is 33.4 Å². The molecule has 0 saturated carbocycles. The topological polar surface area (TPSA) is 174 Å². The molecule has 1 atom stereocenters. The lowest BCUT2D eigenvalue weighted by atomic mass is 10.1. The molecule has 3 N–H and O–H groups in total. The summed E-state index contributed by atoms with van der Waals surface area (Å²) >= 11 is 5.13. The number of halogens is 4. The van der Waals surface area contributed by atoms with Gasteiger partial charge in [0.25, 0.3) is 5.91 Å². The van der Waals surface area contributed by atoms with Crippen molar-refractivity contribution in [2.24, 2.45) is 0 Å². The van der Waals surface area contributed by atoms with Crippen molar-refractivity contribution in [3.63, 3.8) is 0 Å². The number of carboxylic acids is 1. The van der Waals surface area contributed by atoms with Gasteiger partial charge in [0, 0.05) is 17.4 Å². The van der Waals surface area contributed by atoms with Crippen LogP contribution in [0, 0.1) is 10.7 Å². The van der Waals surface area contributed by atoms with Gasteiger partial charge in [-0.2, -0.15) is 0 Å². The number of aromatic carboxylic acids is 1. The minimum absolute atomic E-state index is 0. The van der Waals surface area contributed by atoms with Gasteiger partial charge in [-0.25, -0.2) is 9.59 Å². The average Bonchev–Trinajstić information content (AvgIpc) is 2.72. The Kier molecular flexibility index (Phi) is 14.9. The predicted molar refractivity (Wildman–Crippen MR) is 149 cm³/mol. The van der Waals surface area contributed by atoms with Crippen molar-refractivity contribution in [1.29, 1.82) is 0 Å². The van der Waals surface area contributed by atoms with Crippen LogP contribution in [0.2, 0.25) is 0 Å². The maximum atomic E-state index is 13.0. The number of hydrogen-bond donors (Lipinski definition) is 3. The van der Waals surface area contributed by atoms with Crippen molar-refractivity contribution in [3.05, 3.63) is 21.8 Å². The van der Waals surface area contributed by atoms with Gasteiger partial charge in [0.05, 0.1) is 37.1 Å². The highest BCUT2D eigenvalue weighted by atomic mass is 127. The molecule has 1 unspecified atom stereocenters. The van der Waals surface area contributed by atoms with Crippen molar-refractivity contribution in [1.82, 2.24) is 5.32 Å². The fraction of sp³-hybridized carbons (Fsp3) is 0.368. The number of esters is 3. The summed E-state index contributed by atoms with van der Waals surface area (Å²) in [7, 11) is 0. The lowest BCUT2D eigenvalue weighted by Crippen LogP contribution is -2.38. The molecule has 12 nitrogen and oxygen atoms in total. The van der Waals surface area contributed by atoms with Crippen LogP contribution in [0.1, 0.15) is 41.5 Å². The van der Waals surface area contributed by atoms with E-state index >= 15 is 0 Å². The third-order valence-electron chi connectivity index (χ3n) is 3.75. The van der Waals surface area contributed by atoms with E-state index in [0.29, 0.717) is 0 Å². The molecule has 0 bridgehead atoms. The Labute approximate surface area is 246 Å². The average molecular weight is 853 g/mol. The fourth-order valence-corrected chi connectivity index (χ4v) is 6.78. The van der Waals surface area contributed by atoms with E-state index in [1.165, 1.54) is 13.8 Å². The number of nitrogens with one attached hydrogen (secondary N) is 2. The molecule has 0 saturated heterocycles. The zero-order valence-corrected chi connectivity index (χ0v) is 25.7. The van der Waals surface area contributed by atoms with Gasteiger partial charge >= 0.3 is 29.8 Å². The molecule has 0 spiro atoms. The third kappa shape index (κ3) is 9.83. The standard InChI is InChI=1S/C19H19I3N2O10.ClH/c1-4-32-19(31)17(28)24-15-13(21)10(12(20)11(14(15)22)18(29)30)16(27)23-5-9(34-8(3)26)6-33-7(2)25;/h9H,4-6H2,1-3H3,(H,23,27)(H,24,28)(H,29,30);1H. The Morgan fingerprint density at radius 2 is 1.49 bits per heavy atom. The minimum atomic E-state index is -1.36. The maximum Gasteiger partial charge on any atom is 0.397 e. The molecule has 0 aliphatic heterocycles. The van der Waals surface area contributed by atoms with Gasteiger partial charge in [-0.05, 0) is 74.7 Å². The second-order valence-electron chi connectivity index (χ2n) is 6.29. The molecule has 0 radical (unpaired) electrons. The van der Waals surface area contributed by atoms with Gasteiger partial charge in [0.2, 0.25) is 0 Å². The Hall–Kier alpha value is -1.48. The molecule has 0 aliphatic carbocycles. The quantitative estimate of drug-likeness (QED) is 0.145. The first-order valence-electron chi connectivity index (χ1n) is 9.32. The molecule has 1 rings (SSSR count). The van der Waals surface area contributed by atoms with E-state index in [9.17, 15) is 33.9 Å². The van der Waals surface area contributed by atoms with Crippen molar-refractivity contribution in [2.75, 3.05) is 25.1 Å². The summed E-state index contributed by atoms with van der Waals surface area (Å²) in [6.45, 7) is 3.22. The van der Waals surface area contributed by atoms with Crippen LogP contribution in [0.15, 0.2) is 0 Å². The second-order valence-corrected chi connectivity index (χ2v) is 9.53. The Morgan fingerprint density at radius 3 is 1.97 bits per heavy atom. The number of carbonyl (C=O) groups is 6. The van der Waals surface area contributed by atoms with Crippen LogP contribution in [0.3, 0.4) is 0 Å². The van der Waals surface area contributed by atoms with E-state index in [2.05, 4.69) is 15.4 Å². The van der Waals surface area contributed by atoms with Gasteiger partial charge in [-0.1, -0.05) is 0 Å². The van der Waals surface area contributed by atoms with Crippen LogP contribution >= 0.6 is 80.2 Å². The van der Waals surface area contributed by atoms with Crippen molar-refractivity contribution < 1.29 is 48.1 Å². The smallest absolute Gasteiger partial charge is 0.397 e. The predicted octanol–water partition coefficient (Wildman–Crippen LogP) is 2.35. The molecule has 0 heterocycles. The van der Waals surface area contributed by atoms with Crippen LogP contribution in [0.25, 0.3) is 0 Å². The zero-order chi connectivity index (χ0) is 26.2. The number of carbonyl (C=O) groups excluding carboxylic acids is 5. The molecule has 16 heteroatoms. The Bertz CT molecular complexity index is 1030. The summed E-state index contributed by atoms with van der Waals surface area (Å²) in [6, 6.07) is 0. The normalized spacial score (nSPS) is 10.8. The van der Waals surface area contributed by atoms with E-state index in [1.54, 1.807) is 67.8 Å². The van der Waals surface area contributed by atoms with E-state index in [-0.39, 0.29) is 59.7 Å². The summed E-state index contributed by atoms with van der Waals surface area (Å²) in [4.78, 5) is 71.2. The van der Waals surface area contributed by atoms with Crippen molar-refractivity contribution in [3.8, 4) is 0 Å². The molecule has 194 valence electrons. The molecule has 0 fully saturated rings. The van der Waals surface area contributed by atoms with Crippen LogP contribution in [0.5, 0.6) is 0 Å². The number of hydrogen-bond acceptors (Lipinski definition) is 9. The first-order chi connectivity index (χ1) is 15.8. The number of anilines is 1. The molecule has 35 heavy (non-hydrogen) atoms. The summed E-state index contributed by atoms with van der Waals surface area (Å²) < 4.78 is 14.8. The van der Waals surface area contributed by atoms with Gasteiger partial charge in [0.1, 0.15) is 6.61 Å². The summed E-state index contributed by atoms with van der Waals surface area (Å²) in [5.41, 5.74) is -0.409. The van der Waals surface area contributed by atoms with Gasteiger partial charge in [-0.3, -0.25) is 19.2 Å². The molecule has 1 aromatic carbocycles. The highest BCUT2D eigenvalue weighted by Gasteiger charge is 2.30. The maximum absolute atomic E-state index is 13.0. The SMILES string of the molecule is CCOC(=O)C(=O)Nc1c(I)c(C(=O)O)c(I)c(C(=O)NCC(COC(C)=O)OC(C)=O)c1I.Cl. The summed E-state index contributed by atoms with van der Waals surface area (Å²) in [5, 5.41) is 14.5. The fourth-order valence-electron chi connectivity index (χ4n) is 2.40. The number of rotatable bonds is 9. The van der Waals surface area contributed by atoms with E-state index in [1.807, 2.05) is 0 Å². The first kappa shape index (κ1) is 33.5. The monoisotopic (exact) mass is 852 g/mol. The lowest BCUT2D eigenvalue weighted by Gasteiger charge is -2.20. The molecule has 2 amide bonds. The molecule has 0 aliphatic rings. The number of ether oxygens (including phenoxy) is 3. The lowest BCUT2D eigenvalue weighted by molar-refractivity contribution is -0.155. The number of benzene rings is 1. The summed E-state index contributed by atoms with van der Waals surface area (Å²) in [5.74, 6) is -5.71. The molecular weight excluding hydrogens is 832 g/mol. The van der Waals surface area contributed by atoms with E-state index in [0.717, 1.165) is 6.92 Å². The summed E-state index contributed by atoms with van der Waals surface area (Å²) in [6.07, 6.45) is -0.994. The molecule has 0 aromatic heterocycles. The molecular formula is C19H20ClI3N2O10. The molecule has 1 aromatic rings. The number of carboxylic acid groups (broad SMARTS) is 1. The van der Waals surface area contributed by atoms with Crippen molar-refractivity contribution in [2.45, 2.75) is 26.9 Å². The highest BCUT2D eigenvalue weighted by molar-refractivity contribution is 14.1. The zero-order valence-electron chi connectivity index (χ0n) is 18.4. The largest absolute Gasteiger partial charge is 0.478 e. The van der Waals surface area contributed by atoms with Gasteiger partial charge in [-0.15, -0.1) is 12.4 Å². The highest BCUT2D eigenvalue weighted by Crippen LogP contribution is 2.35. The van der Waals surface area contributed by atoms with Crippen LogP contribution in [0.4, 0.5) is 5.69 Å². The second kappa shape index (κ2) is 15.6. The Balaban J connectivity index is 0.0000116. The Morgan fingerprint density at radius 1 is 0.914 bits per heavy atom. The van der Waals surface area contributed by atoms with Crippen LogP contribution < -0.4 is 10.6 Å². The van der Waals surface area contributed by atoms with Gasteiger partial charge in [0.15, 0.2) is 6.10 Å². The van der Waals surface area contributed by atoms with E-state index < -0.39 is 41.8 Å². The van der Waals surface area contributed by atoms with Crippen LogP contribution in [-0.4, -0.2) is 66.7 Å². The van der Waals surface area contributed by atoms with E-state index in [4.69, 9.17) is 9.47 Å². The van der Waals surface area contributed by atoms with Crippen molar-refractivity contribution >= 4 is 122 Å². The first-order valence-corrected chi connectivity index (χ1v) is 12.6. The number of amides is 2. The third-order valence-corrected chi connectivity index (χ3v) is 6.99. The minimum Gasteiger partial charge on any atom is -0.478 e.